The molecule has 0 N–H and O–H groups in total. The lowest BCUT2D eigenvalue weighted by Crippen LogP contribution is -2.32. The lowest BCUT2D eigenvalue weighted by Gasteiger charge is -2.28. The number of aliphatic imine (C=N–C) groups is 1. The van der Waals surface area contributed by atoms with Gasteiger partial charge in [-0.2, -0.15) is 5.11 Å². The SMILES string of the molecule is CCCCCC(=O)N1C=CN=CC1c1ccc(N=Nc2ccc(OC)cc2[N+](=O)[O-])cc1. The number of azo groups is 1. The van der Waals surface area contributed by atoms with E-state index >= 15 is 0 Å². The normalized spacial score (nSPS) is 15.3. The summed E-state index contributed by atoms with van der Waals surface area (Å²) in [5.41, 5.74) is 1.36. The van der Waals surface area contributed by atoms with Crippen molar-refractivity contribution in [3.8, 4) is 5.75 Å². The summed E-state index contributed by atoms with van der Waals surface area (Å²) in [6.07, 6.45) is 8.48. The summed E-state index contributed by atoms with van der Waals surface area (Å²) in [5.74, 6) is 0.429. The first-order valence-corrected chi connectivity index (χ1v) is 10.4. The first-order chi connectivity index (χ1) is 15.5. The molecule has 1 amide bonds. The smallest absolute Gasteiger partial charge is 0.300 e. The quantitative estimate of drug-likeness (QED) is 0.207. The average Bonchev–Trinajstić information content (AvgIpc) is 2.83. The van der Waals surface area contributed by atoms with Crippen molar-refractivity contribution in [1.82, 2.24) is 4.90 Å². The van der Waals surface area contributed by atoms with Crippen LogP contribution in [0.1, 0.15) is 44.2 Å². The summed E-state index contributed by atoms with van der Waals surface area (Å²) in [6.45, 7) is 2.10. The van der Waals surface area contributed by atoms with E-state index in [2.05, 4.69) is 22.1 Å². The van der Waals surface area contributed by atoms with Gasteiger partial charge in [0.25, 0.3) is 5.69 Å². The number of benzene rings is 2. The third-order valence-electron chi connectivity index (χ3n) is 5.01. The highest BCUT2D eigenvalue weighted by molar-refractivity contribution is 5.83. The van der Waals surface area contributed by atoms with Crippen LogP contribution < -0.4 is 4.74 Å². The van der Waals surface area contributed by atoms with Crippen LogP contribution in [0.5, 0.6) is 5.75 Å². The molecule has 0 bridgehead atoms. The molecule has 1 aliphatic rings. The molecule has 32 heavy (non-hydrogen) atoms. The van der Waals surface area contributed by atoms with Crippen LogP contribution in [0.3, 0.4) is 0 Å². The zero-order chi connectivity index (χ0) is 22.9. The molecule has 0 spiro atoms. The van der Waals surface area contributed by atoms with Crippen molar-refractivity contribution in [3.63, 3.8) is 0 Å². The van der Waals surface area contributed by atoms with E-state index in [0.717, 1.165) is 24.8 Å². The number of unbranched alkanes of at least 4 members (excludes halogenated alkanes) is 2. The molecule has 166 valence electrons. The fraction of sp³-hybridized carbons (Fsp3) is 0.304. The first kappa shape index (κ1) is 22.8. The average molecular weight is 435 g/mol. The molecule has 9 nitrogen and oxygen atoms in total. The maximum Gasteiger partial charge on any atom is 0.300 e. The Balaban J connectivity index is 1.75. The minimum Gasteiger partial charge on any atom is -0.496 e. The molecule has 1 unspecified atom stereocenters. The fourth-order valence-electron chi connectivity index (χ4n) is 3.26. The summed E-state index contributed by atoms with van der Waals surface area (Å²) in [4.78, 5) is 29.3. The number of hydrogen-bond acceptors (Lipinski definition) is 7. The van der Waals surface area contributed by atoms with Crippen LogP contribution in [0.25, 0.3) is 0 Å². The van der Waals surface area contributed by atoms with E-state index in [1.807, 2.05) is 12.1 Å². The van der Waals surface area contributed by atoms with Crippen molar-refractivity contribution in [2.45, 2.75) is 38.6 Å². The maximum atomic E-state index is 12.6. The summed E-state index contributed by atoms with van der Waals surface area (Å²) < 4.78 is 5.03. The van der Waals surface area contributed by atoms with Crippen LogP contribution in [-0.4, -0.2) is 29.1 Å². The number of nitro benzene ring substituents is 1. The molecule has 9 heteroatoms. The number of methoxy groups -OCH3 is 1. The third-order valence-corrected chi connectivity index (χ3v) is 5.01. The third kappa shape index (κ3) is 5.63. The van der Waals surface area contributed by atoms with Crippen LogP contribution in [0.2, 0.25) is 0 Å². The minimum absolute atomic E-state index is 0.0569. The zero-order valence-corrected chi connectivity index (χ0v) is 18.0. The van der Waals surface area contributed by atoms with Crippen LogP contribution in [0, 0.1) is 10.1 Å². The number of carbonyl (C=O) groups excluding carboxylic acids is 1. The van der Waals surface area contributed by atoms with Crippen molar-refractivity contribution in [3.05, 3.63) is 70.5 Å². The van der Waals surface area contributed by atoms with Gasteiger partial charge in [-0.15, -0.1) is 5.11 Å². The number of nitrogens with zero attached hydrogens (tertiary/aromatic N) is 5. The van der Waals surface area contributed by atoms with Gasteiger partial charge in [-0.3, -0.25) is 19.9 Å². The molecular weight excluding hydrogens is 410 g/mol. The van der Waals surface area contributed by atoms with Crippen molar-refractivity contribution in [2.75, 3.05) is 7.11 Å². The Labute approximate surface area is 186 Å². The number of nitro groups is 1. The lowest BCUT2D eigenvalue weighted by atomic mass is 10.0. The molecule has 0 aliphatic carbocycles. The minimum atomic E-state index is -0.526. The molecule has 2 aromatic carbocycles. The standard InChI is InChI=1S/C23H25N5O4/c1-3-4-5-6-23(29)27-14-13-24-16-22(27)17-7-9-18(10-8-17)25-26-20-12-11-19(32-2)15-21(20)28(30)31/h7-16,22H,3-6H2,1-2H3. The maximum absolute atomic E-state index is 12.6. The van der Waals surface area contributed by atoms with Crippen molar-refractivity contribution >= 4 is 29.2 Å². The molecule has 1 atom stereocenters. The van der Waals surface area contributed by atoms with E-state index in [4.69, 9.17) is 4.74 Å². The highest BCUT2D eigenvalue weighted by atomic mass is 16.6. The van der Waals surface area contributed by atoms with Gasteiger partial charge >= 0.3 is 0 Å². The predicted molar refractivity (Wildman–Crippen MR) is 122 cm³/mol. The largest absolute Gasteiger partial charge is 0.496 e. The molecule has 1 heterocycles. The van der Waals surface area contributed by atoms with Crippen LogP contribution in [0.4, 0.5) is 17.1 Å². The Morgan fingerprint density at radius 3 is 2.66 bits per heavy atom. The number of carbonyl (C=O) groups is 1. The van der Waals surface area contributed by atoms with E-state index in [1.54, 1.807) is 41.7 Å². The Kier molecular flexibility index (Phi) is 7.80. The summed E-state index contributed by atoms with van der Waals surface area (Å²) in [5, 5.41) is 19.4. The van der Waals surface area contributed by atoms with Crippen molar-refractivity contribution in [1.29, 1.82) is 0 Å². The molecule has 0 radical (unpaired) electrons. The molecule has 0 fully saturated rings. The topological polar surface area (TPSA) is 110 Å². The highest BCUT2D eigenvalue weighted by Crippen LogP contribution is 2.33. The van der Waals surface area contributed by atoms with Crippen LogP contribution in [-0.2, 0) is 4.79 Å². The molecular formula is C23H25N5O4. The van der Waals surface area contributed by atoms with Gasteiger partial charge in [-0.25, -0.2) is 0 Å². The molecule has 0 saturated carbocycles. The number of hydrogen-bond donors (Lipinski definition) is 0. The summed E-state index contributed by atoms with van der Waals surface area (Å²) in [6, 6.07) is 11.3. The monoisotopic (exact) mass is 435 g/mol. The van der Waals surface area contributed by atoms with Gasteiger partial charge in [0.1, 0.15) is 5.75 Å². The van der Waals surface area contributed by atoms with Gasteiger partial charge in [0.2, 0.25) is 5.91 Å². The van der Waals surface area contributed by atoms with Gasteiger partial charge in [-0.05, 0) is 36.2 Å². The summed E-state index contributed by atoms with van der Waals surface area (Å²) in [7, 11) is 1.44. The Bertz CT molecular complexity index is 1050. The van der Waals surface area contributed by atoms with Crippen LogP contribution >= 0.6 is 0 Å². The van der Waals surface area contributed by atoms with E-state index in [-0.39, 0.29) is 23.3 Å². The highest BCUT2D eigenvalue weighted by Gasteiger charge is 2.23. The van der Waals surface area contributed by atoms with E-state index in [0.29, 0.717) is 17.9 Å². The van der Waals surface area contributed by atoms with E-state index < -0.39 is 4.92 Å². The number of amides is 1. The van der Waals surface area contributed by atoms with E-state index in [1.165, 1.54) is 19.2 Å². The van der Waals surface area contributed by atoms with Gasteiger partial charge in [-0.1, -0.05) is 31.9 Å². The molecule has 2 aromatic rings. The lowest BCUT2D eigenvalue weighted by molar-refractivity contribution is -0.384. The predicted octanol–water partition coefficient (Wildman–Crippen LogP) is 6.02. The molecule has 3 rings (SSSR count). The number of rotatable bonds is 9. The second-order valence-electron chi connectivity index (χ2n) is 7.20. The molecule has 0 saturated heterocycles. The first-order valence-electron chi connectivity index (χ1n) is 10.4. The Hall–Kier alpha value is -3.88. The fourth-order valence-corrected chi connectivity index (χ4v) is 3.26. The van der Waals surface area contributed by atoms with Gasteiger partial charge in [0.15, 0.2) is 5.69 Å². The molecule has 1 aliphatic heterocycles. The Morgan fingerprint density at radius 2 is 1.97 bits per heavy atom. The van der Waals surface area contributed by atoms with Crippen molar-refractivity contribution < 1.29 is 14.5 Å². The van der Waals surface area contributed by atoms with Gasteiger partial charge < -0.3 is 9.64 Å². The van der Waals surface area contributed by atoms with E-state index in [9.17, 15) is 14.9 Å². The van der Waals surface area contributed by atoms with Crippen LogP contribution in [0.15, 0.2) is 70.1 Å². The van der Waals surface area contributed by atoms with Gasteiger partial charge in [0.05, 0.1) is 29.8 Å². The van der Waals surface area contributed by atoms with Crippen molar-refractivity contribution in [2.24, 2.45) is 15.2 Å². The molecule has 0 aromatic heterocycles. The second-order valence-corrected chi connectivity index (χ2v) is 7.20. The van der Waals surface area contributed by atoms with Gasteiger partial charge in [0, 0.05) is 25.0 Å². The zero-order valence-electron chi connectivity index (χ0n) is 18.0. The second kappa shape index (κ2) is 10.9. The Morgan fingerprint density at radius 1 is 1.19 bits per heavy atom. The number of ether oxygens (including phenoxy) is 1. The summed E-state index contributed by atoms with van der Waals surface area (Å²) >= 11 is 0.